The second-order valence-corrected chi connectivity index (χ2v) is 9.23. The van der Waals surface area contributed by atoms with Crippen LogP contribution >= 0.6 is 23.8 Å². The molecule has 5 nitrogen and oxygen atoms in total. The van der Waals surface area contributed by atoms with Gasteiger partial charge in [-0.1, -0.05) is 66.2 Å². The molecule has 174 valence electrons. The van der Waals surface area contributed by atoms with Crippen molar-refractivity contribution in [2.24, 2.45) is 4.99 Å². The maximum absolute atomic E-state index is 13.0. The van der Waals surface area contributed by atoms with Crippen LogP contribution in [0.15, 0.2) is 101 Å². The Morgan fingerprint density at radius 2 is 1.64 bits per heavy atom. The lowest BCUT2D eigenvalue weighted by Gasteiger charge is -2.13. The van der Waals surface area contributed by atoms with Gasteiger partial charge >= 0.3 is 0 Å². The van der Waals surface area contributed by atoms with Crippen LogP contribution in [0.3, 0.4) is 0 Å². The van der Waals surface area contributed by atoms with Gasteiger partial charge in [-0.05, 0) is 65.5 Å². The normalized spacial score (nSPS) is 13.7. The van der Waals surface area contributed by atoms with Gasteiger partial charge in [-0.3, -0.25) is 14.3 Å². The Kier molecular flexibility index (Phi) is 5.40. The second kappa shape index (κ2) is 8.75. The van der Waals surface area contributed by atoms with Crippen LogP contribution in [0.5, 0.6) is 5.88 Å². The minimum Gasteiger partial charge on any atom is -0.494 e. The summed E-state index contributed by atoms with van der Waals surface area (Å²) in [5, 5.41) is 14.0. The van der Waals surface area contributed by atoms with E-state index in [0.29, 0.717) is 10.7 Å². The molecule has 6 rings (SSSR count). The molecule has 1 aliphatic rings. The molecule has 0 atom stereocenters. The number of para-hydroxylation sites is 1. The number of aromatic hydroxyl groups is 1. The summed E-state index contributed by atoms with van der Waals surface area (Å²) in [4.78, 5) is 20.6. The third kappa shape index (κ3) is 3.77. The molecular formula is C29H18ClN3O2S. The molecule has 5 aromatic rings. The number of aliphatic imine (C=N–C) groups is 1. The van der Waals surface area contributed by atoms with E-state index in [4.69, 9.17) is 28.8 Å². The Hall–Kier alpha value is -4.26. The molecular weight excluding hydrogens is 490 g/mol. The highest BCUT2D eigenvalue weighted by Gasteiger charge is 2.24. The van der Waals surface area contributed by atoms with Crippen LogP contribution in [-0.2, 0) is 0 Å². The van der Waals surface area contributed by atoms with Gasteiger partial charge in [-0.25, -0.2) is 4.99 Å². The topological polar surface area (TPSA) is 70.4 Å². The predicted molar refractivity (Wildman–Crippen MR) is 148 cm³/mol. The molecule has 7 heteroatoms. The molecule has 0 saturated carbocycles. The van der Waals surface area contributed by atoms with E-state index in [-0.39, 0.29) is 16.2 Å². The number of hydrogen-bond acceptors (Lipinski definition) is 4. The number of rotatable bonds is 3. The molecule has 0 fully saturated rings. The molecule has 0 spiro atoms. The van der Waals surface area contributed by atoms with Gasteiger partial charge in [0.15, 0.2) is 4.77 Å². The molecule has 2 heterocycles. The van der Waals surface area contributed by atoms with E-state index in [1.807, 2.05) is 42.5 Å². The van der Waals surface area contributed by atoms with Gasteiger partial charge in [0, 0.05) is 21.7 Å². The number of benzene rings is 4. The summed E-state index contributed by atoms with van der Waals surface area (Å²) >= 11 is 11.4. The number of H-pyrrole nitrogens is 1. The first-order valence-corrected chi connectivity index (χ1v) is 12.0. The monoisotopic (exact) mass is 507 g/mol. The van der Waals surface area contributed by atoms with Crippen molar-refractivity contribution in [3.05, 3.63) is 128 Å². The molecule has 0 aliphatic carbocycles. The number of aromatic nitrogens is 2. The predicted octanol–water partition coefficient (Wildman–Crippen LogP) is 7.08. The highest BCUT2D eigenvalue weighted by Crippen LogP contribution is 2.39. The summed E-state index contributed by atoms with van der Waals surface area (Å²) in [5.74, 6) is -0.263. The summed E-state index contributed by atoms with van der Waals surface area (Å²) in [5.41, 5.74) is 4.22. The smallest absolute Gasteiger partial charge is 0.262 e. The van der Waals surface area contributed by atoms with Gasteiger partial charge in [0.2, 0.25) is 5.88 Å². The van der Waals surface area contributed by atoms with Crippen molar-refractivity contribution < 1.29 is 5.11 Å². The van der Waals surface area contributed by atoms with E-state index >= 15 is 0 Å². The minimum absolute atomic E-state index is 0.0808. The maximum Gasteiger partial charge on any atom is 0.262 e. The fraction of sp³-hybridized carbons (Fsp3) is 0. The Balaban J connectivity index is 1.57. The molecule has 4 aromatic carbocycles. The zero-order chi connectivity index (χ0) is 24.8. The van der Waals surface area contributed by atoms with Gasteiger partial charge in [0.25, 0.3) is 5.56 Å². The fourth-order valence-electron chi connectivity index (χ4n) is 4.45. The molecule has 1 aromatic heterocycles. The van der Waals surface area contributed by atoms with Crippen LogP contribution in [0.4, 0.5) is 5.69 Å². The summed E-state index contributed by atoms with van der Waals surface area (Å²) in [6.45, 7) is 0. The van der Waals surface area contributed by atoms with Crippen molar-refractivity contribution in [1.82, 2.24) is 9.55 Å². The molecule has 0 saturated heterocycles. The lowest BCUT2D eigenvalue weighted by atomic mass is 9.95. The van der Waals surface area contributed by atoms with Crippen molar-refractivity contribution >= 4 is 57.6 Å². The highest BCUT2D eigenvalue weighted by atomic mass is 35.5. The Morgan fingerprint density at radius 1 is 0.917 bits per heavy atom. The lowest BCUT2D eigenvalue weighted by Crippen LogP contribution is -2.16. The third-order valence-corrected chi connectivity index (χ3v) is 6.74. The van der Waals surface area contributed by atoms with E-state index in [2.05, 4.69) is 29.2 Å². The number of allylic oxidation sites excluding steroid dienone is 1. The van der Waals surface area contributed by atoms with Gasteiger partial charge in [0.1, 0.15) is 5.56 Å². The SMILES string of the molecule is O=c1[nH]c(=S)n(-c2ccc(Cl)cc2)c(O)c1C=C1C(c2ccc3ccccc3c2)=Nc2ccccc21. The third-order valence-electron chi connectivity index (χ3n) is 6.20. The quantitative estimate of drug-likeness (QED) is 0.256. The summed E-state index contributed by atoms with van der Waals surface area (Å²) in [7, 11) is 0. The molecule has 36 heavy (non-hydrogen) atoms. The Morgan fingerprint density at radius 3 is 2.44 bits per heavy atom. The number of nitrogens with zero attached hydrogens (tertiary/aromatic N) is 2. The minimum atomic E-state index is -0.488. The summed E-state index contributed by atoms with van der Waals surface area (Å²) < 4.78 is 1.49. The summed E-state index contributed by atoms with van der Waals surface area (Å²) in [6.07, 6.45) is 1.68. The number of hydrogen-bond donors (Lipinski definition) is 2. The first-order chi connectivity index (χ1) is 17.5. The molecule has 1 aliphatic heterocycles. The van der Waals surface area contributed by atoms with Gasteiger partial charge in [-0.15, -0.1) is 0 Å². The van der Waals surface area contributed by atoms with Gasteiger partial charge < -0.3 is 5.11 Å². The first-order valence-electron chi connectivity index (χ1n) is 11.2. The summed E-state index contributed by atoms with van der Waals surface area (Å²) in [6, 6.07) is 28.8. The fourth-order valence-corrected chi connectivity index (χ4v) is 4.86. The second-order valence-electron chi connectivity index (χ2n) is 8.41. The van der Waals surface area contributed by atoms with Gasteiger partial charge in [0.05, 0.1) is 17.1 Å². The lowest BCUT2D eigenvalue weighted by molar-refractivity contribution is 0.432. The zero-order valence-corrected chi connectivity index (χ0v) is 20.3. The largest absolute Gasteiger partial charge is 0.494 e. The van der Waals surface area contributed by atoms with Crippen LogP contribution in [0, 0.1) is 4.77 Å². The van der Waals surface area contributed by atoms with Crippen molar-refractivity contribution in [2.45, 2.75) is 0 Å². The van der Waals surface area contributed by atoms with Crippen molar-refractivity contribution in [3.8, 4) is 11.6 Å². The van der Waals surface area contributed by atoms with Crippen molar-refractivity contribution in [1.29, 1.82) is 0 Å². The Labute approximate surface area is 216 Å². The average Bonchev–Trinajstić information content (AvgIpc) is 3.25. The zero-order valence-electron chi connectivity index (χ0n) is 18.8. The van der Waals surface area contributed by atoms with E-state index in [1.54, 1.807) is 30.3 Å². The van der Waals surface area contributed by atoms with E-state index in [9.17, 15) is 9.90 Å². The van der Waals surface area contributed by atoms with Crippen LogP contribution in [0.2, 0.25) is 5.02 Å². The van der Waals surface area contributed by atoms with Crippen LogP contribution in [0.1, 0.15) is 16.7 Å². The average molecular weight is 508 g/mol. The van der Waals surface area contributed by atoms with E-state index in [1.165, 1.54) is 4.57 Å². The van der Waals surface area contributed by atoms with Gasteiger partial charge in [-0.2, -0.15) is 0 Å². The number of aromatic amines is 1. The molecule has 0 unspecified atom stereocenters. The Bertz CT molecular complexity index is 1850. The highest BCUT2D eigenvalue weighted by molar-refractivity contribution is 7.71. The van der Waals surface area contributed by atoms with Crippen molar-refractivity contribution in [2.75, 3.05) is 0 Å². The standard InChI is InChI=1S/C29H18ClN3O2S/c30-20-11-13-21(14-12-20)33-28(35)24(27(34)32-29(33)36)16-23-22-7-3-4-8-25(22)31-26(23)19-10-9-17-5-1-2-6-18(17)15-19/h1-16,35H,(H,32,34,36). The van der Waals surface area contributed by atoms with E-state index in [0.717, 1.165) is 38.9 Å². The molecule has 2 N–H and O–H groups in total. The van der Waals surface area contributed by atoms with E-state index < -0.39 is 5.56 Å². The maximum atomic E-state index is 13.0. The number of nitrogens with one attached hydrogen (secondary N) is 1. The molecule has 0 bridgehead atoms. The van der Waals surface area contributed by atoms with Crippen molar-refractivity contribution in [3.63, 3.8) is 0 Å². The molecule has 0 radical (unpaired) electrons. The van der Waals surface area contributed by atoms with Crippen LogP contribution in [-0.4, -0.2) is 20.4 Å². The number of halogens is 1. The molecule has 0 amide bonds. The van der Waals surface area contributed by atoms with Crippen LogP contribution < -0.4 is 5.56 Å². The first kappa shape index (κ1) is 22.2. The number of fused-ring (bicyclic) bond motifs is 2. The van der Waals surface area contributed by atoms with Crippen LogP contribution in [0.25, 0.3) is 28.1 Å².